The van der Waals surface area contributed by atoms with Gasteiger partial charge in [-0.1, -0.05) is 12.6 Å². The quantitative estimate of drug-likeness (QED) is 0.383. The predicted octanol–water partition coefficient (Wildman–Crippen LogP) is 3.51. The summed E-state index contributed by atoms with van der Waals surface area (Å²) in [6.45, 7) is 5.53. The van der Waals surface area contributed by atoms with E-state index in [9.17, 15) is 4.79 Å². The lowest BCUT2D eigenvalue weighted by Gasteiger charge is -2.26. The molecule has 0 unspecified atom stereocenters. The number of nitrogens with one attached hydrogen (secondary N) is 1. The number of likely N-dealkylation sites (tertiary alicyclic amines) is 1. The normalized spacial score (nSPS) is 13.3. The number of fused-ring (bicyclic) bond motifs is 1. The van der Waals surface area contributed by atoms with Gasteiger partial charge in [-0.05, 0) is 43.2 Å². The van der Waals surface area contributed by atoms with Gasteiger partial charge in [-0.3, -0.25) is 15.1 Å². The van der Waals surface area contributed by atoms with Crippen LogP contribution in [-0.2, 0) is 4.79 Å². The van der Waals surface area contributed by atoms with Crippen molar-refractivity contribution in [1.29, 1.82) is 5.41 Å². The summed E-state index contributed by atoms with van der Waals surface area (Å²) in [5, 5.41) is 9.14. The summed E-state index contributed by atoms with van der Waals surface area (Å²) in [6, 6.07) is 12.5. The van der Waals surface area contributed by atoms with Crippen LogP contribution in [0.25, 0.3) is 16.5 Å². The first-order valence-corrected chi connectivity index (χ1v) is 10.0. The lowest BCUT2D eigenvalue weighted by Crippen LogP contribution is -2.43. The molecule has 3 heterocycles. The van der Waals surface area contributed by atoms with Gasteiger partial charge < -0.3 is 15.4 Å². The molecule has 3 N–H and O–H groups in total. The van der Waals surface area contributed by atoms with Crippen molar-refractivity contribution in [3.63, 3.8) is 0 Å². The van der Waals surface area contributed by atoms with Crippen LogP contribution in [0, 0.1) is 5.41 Å². The molecule has 1 aromatic carbocycles. The van der Waals surface area contributed by atoms with Crippen molar-refractivity contribution in [3.8, 4) is 11.5 Å². The predicted molar refractivity (Wildman–Crippen MR) is 121 cm³/mol. The number of ether oxygens (including phenoxy) is 1. The van der Waals surface area contributed by atoms with Crippen molar-refractivity contribution in [2.75, 3.05) is 25.9 Å². The van der Waals surface area contributed by atoms with Gasteiger partial charge in [-0.15, -0.1) is 0 Å². The summed E-state index contributed by atoms with van der Waals surface area (Å²) in [5.74, 6) is 1.48. The Labute approximate surface area is 180 Å². The molecule has 0 bridgehead atoms. The van der Waals surface area contributed by atoms with E-state index >= 15 is 0 Å². The Kier molecular flexibility index (Phi) is 5.53. The molecule has 0 aliphatic carbocycles. The zero-order valence-corrected chi connectivity index (χ0v) is 17.3. The zero-order chi connectivity index (χ0) is 22.0. The van der Waals surface area contributed by atoms with E-state index in [1.54, 1.807) is 37.5 Å². The van der Waals surface area contributed by atoms with Crippen molar-refractivity contribution in [3.05, 3.63) is 60.9 Å². The van der Waals surface area contributed by atoms with E-state index in [0.29, 0.717) is 28.5 Å². The van der Waals surface area contributed by atoms with Crippen LogP contribution >= 0.6 is 0 Å². The number of benzene rings is 1. The van der Waals surface area contributed by atoms with E-state index in [1.807, 2.05) is 23.1 Å². The first-order valence-electron chi connectivity index (χ1n) is 10.0. The molecule has 8 nitrogen and oxygen atoms in total. The summed E-state index contributed by atoms with van der Waals surface area (Å²) in [4.78, 5) is 24.6. The van der Waals surface area contributed by atoms with Gasteiger partial charge in [0.05, 0.1) is 16.8 Å². The van der Waals surface area contributed by atoms with Crippen LogP contribution in [0.4, 0.5) is 5.82 Å². The molecule has 158 valence electrons. The van der Waals surface area contributed by atoms with Crippen LogP contribution < -0.4 is 10.5 Å². The Hall–Kier alpha value is -3.94. The molecule has 1 aliphatic rings. The molecule has 1 aliphatic heterocycles. The topological polar surface area (TPSA) is 108 Å². The molecule has 0 atom stereocenters. The van der Waals surface area contributed by atoms with Gasteiger partial charge in [0.1, 0.15) is 17.3 Å². The van der Waals surface area contributed by atoms with E-state index in [2.05, 4.69) is 16.5 Å². The van der Waals surface area contributed by atoms with E-state index in [1.165, 1.54) is 4.90 Å². The summed E-state index contributed by atoms with van der Waals surface area (Å²) >= 11 is 0. The summed E-state index contributed by atoms with van der Waals surface area (Å²) in [7, 11) is 1.60. The Bertz CT molecular complexity index is 1170. The maximum atomic E-state index is 12.8. The van der Waals surface area contributed by atoms with Gasteiger partial charge in [0.15, 0.2) is 0 Å². The number of rotatable bonds is 4. The van der Waals surface area contributed by atoms with Crippen molar-refractivity contribution in [2.45, 2.75) is 12.8 Å². The molecular weight excluding hydrogens is 392 g/mol. The summed E-state index contributed by atoms with van der Waals surface area (Å²) in [6.07, 6.45) is 3.66. The highest BCUT2D eigenvalue weighted by atomic mass is 16.5. The summed E-state index contributed by atoms with van der Waals surface area (Å²) < 4.78 is 5.84. The second-order valence-corrected chi connectivity index (χ2v) is 7.43. The Morgan fingerprint density at radius 1 is 1.16 bits per heavy atom. The molecule has 1 fully saturated rings. The summed E-state index contributed by atoms with van der Waals surface area (Å²) in [5.41, 5.74) is 7.14. The number of likely N-dealkylation sites (N-methyl/N-ethyl adjacent to an activating group) is 1. The van der Waals surface area contributed by atoms with E-state index in [0.717, 1.165) is 31.3 Å². The van der Waals surface area contributed by atoms with Gasteiger partial charge in [-0.25, -0.2) is 9.97 Å². The minimum atomic E-state index is -0.334. The van der Waals surface area contributed by atoms with Crippen LogP contribution in [-0.4, -0.2) is 51.8 Å². The molecule has 1 amide bonds. The number of carbonyl (C=O) groups excluding carboxylic acids is 1. The second-order valence-electron chi connectivity index (χ2n) is 7.43. The molecule has 1 saturated heterocycles. The number of nitrogens with zero attached hydrogens (tertiary/aromatic N) is 4. The maximum Gasteiger partial charge on any atom is 0.261 e. The third-order valence-electron chi connectivity index (χ3n) is 5.24. The number of hydrogen-bond donors (Lipinski definition) is 2. The third kappa shape index (κ3) is 4.32. The van der Waals surface area contributed by atoms with Gasteiger partial charge >= 0.3 is 0 Å². The first kappa shape index (κ1) is 20.3. The van der Waals surface area contributed by atoms with Crippen molar-refractivity contribution in [1.82, 2.24) is 19.8 Å². The Morgan fingerprint density at radius 2 is 1.90 bits per heavy atom. The average Bonchev–Trinajstić information content (AvgIpc) is 3.31. The minimum Gasteiger partial charge on any atom is -0.457 e. The second kappa shape index (κ2) is 8.43. The lowest BCUT2D eigenvalue weighted by molar-refractivity contribution is -0.120. The molecule has 4 rings (SSSR count). The Balaban J connectivity index is 1.51. The van der Waals surface area contributed by atoms with Crippen molar-refractivity contribution < 1.29 is 9.53 Å². The first-order chi connectivity index (χ1) is 14.9. The van der Waals surface area contributed by atoms with Gasteiger partial charge in [0.2, 0.25) is 5.96 Å². The Morgan fingerprint density at radius 3 is 2.65 bits per heavy atom. The third-order valence-corrected chi connectivity index (χ3v) is 5.24. The van der Waals surface area contributed by atoms with Crippen LogP contribution in [0.1, 0.15) is 18.5 Å². The van der Waals surface area contributed by atoms with Crippen LogP contribution in [0.5, 0.6) is 11.5 Å². The maximum absolute atomic E-state index is 12.8. The molecular formula is C23H24N6O2. The molecule has 0 spiro atoms. The number of anilines is 1. The average molecular weight is 416 g/mol. The largest absolute Gasteiger partial charge is 0.457 e. The number of aromatic nitrogens is 2. The molecule has 0 saturated carbocycles. The zero-order valence-electron chi connectivity index (χ0n) is 17.3. The fraction of sp³-hybridized carbons (Fsp3) is 0.217. The van der Waals surface area contributed by atoms with Crippen LogP contribution in [0.15, 0.2) is 55.2 Å². The van der Waals surface area contributed by atoms with E-state index in [4.69, 9.17) is 15.9 Å². The number of pyridine rings is 2. The highest BCUT2D eigenvalue weighted by Gasteiger charge is 2.24. The van der Waals surface area contributed by atoms with Crippen LogP contribution in [0.2, 0.25) is 0 Å². The standard InChI is InChI=1S/C23H24N6O2/c1-15(22(30)28(2)23(25)29-11-3-4-12-29)19-7-5-16-13-17(6-8-20(16)27-19)31-18-9-10-26-21(24)14-18/h5-10,13-14,25H,1,3-4,11-12H2,2H3,(H2,24,26). The highest BCUT2D eigenvalue weighted by Crippen LogP contribution is 2.27. The molecule has 0 radical (unpaired) electrons. The number of hydrogen-bond acceptors (Lipinski definition) is 6. The fourth-order valence-electron chi connectivity index (χ4n) is 3.51. The minimum absolute atomic E-state index is 0.197. The number of amides is 1. The van der Waals surface area contributed by atoms with E-state index < -0.39 is 0 Å². The van der Waals surface area contributed by atoms with Gasteiger partial charge in [-0.2, -0.15) is 0 Å². The lowest BCUT2D eigenvalue weighted by atomic mass is 10.1. The molecule has 3 aromatic rings. The smallest absolute Gasteiger partial charge is 0.261 e. The van der Waals surface area contributed by atoms with E-state index in [-0.39, 0.29) is 17.4 Å². The SMILES string of the molecule is C=C(C(=O)N(C)C(=N)N1CCCC1)c1ccc2cc(Oc3ccnc(N)c3)ccc2n1. The molecule has 2 aromatic heterocycles. The monoisotopic (exact) mass is 416 g/mol. The van der Waals surface area contributed by atoms with Crippen LogP contribution in [0.3, 0.4) is 0 Å². The highest BCUT2D eigenvalue weighted by molar-refractivity contribution is 6.22. The fourth-order valence-corrected chi connectivity index (χ4v) is 3.51. The van der Waals surface area contributed by atoms with Crippen molar-refractivity contribution >= 4 is 34.2 Å². The number of guanidine groups is 1. The van der Waals surface area contributed by atoms with Crippen molar-refractivity contribution in [2.24, 2.45) is 0 Å². The van der Waals surface area contributed by atoms with Gasteiger partial charge in [0.25, 0.3) is 5.91 Å². The molecule has 8 heteroatoms. The molecule has 31 heavy (non-hydrogen) atoms. The number of nitrogens with two attached hydrogens (primary N) is 1. The number of carbonyl (C=O) groups is 1. The number of nitrogen functional groups attached to an aromatic ring is 1. The van der Waals surface area contributed by atoms with Gasteiger partial charge in [0, 0.05) is 37.8 Å².